The van der Waals surface area contributed by atoms with Crippen molar-refractivity contribution >= 4 is 23.7 Å². The Bertz CT molecular complexity index is 2090. The van der Waals surface area contributed by atoms with Gasteiger partial charge in [-0.15, -0.1) is 0 Å². The zero-order valence-corrected chi connectivity index (χ0v) is 43.9. The van der Waals surface area contributed by atoms with Crippen LogP contribution < -0.4 is 16.0 Å². The Balaban J connectivity index is 1.19. The van der Waals surface area contributed by atoms with E-state index in [-0.39, 0.29) is 0 Å². The number of rotatable bonds is 22. The molecule has 6 rings (SSSR count). The van der Waals surface area contributed by atoms with E-state index >= 15 is 0 Å². The van der Waals surface area contributed by atoms with Gasteiger partial charge in [0, 0.05) is 27.2 Å². The van der Waals surface area contributed by atoms with Gasteiger partial charge in [0.05, 0.1) is 51.8 Å². The number of carbonyl (C=O) groups is 4. The van der Waals surface area contributed by atoms with Crippen molar-refractivity contribution in [3.05, 3.63) is 0 Å². The highest BCUT2D eigenvalue weighted by Gasteiger charge is 2.59. The minimum Gasteiger partial charge on any atom is -0.477 e. The van der Waals surface area contributed by atoms with Crippen LogP contribution in [0.5, 0.6) is 0 Å². The summed E-state index contributed by atoms with van der Waals surface area (Å²) in [5.41, 5.74) is 0. The average molecular weight is 1200 g/mol. The number of carboxylic acid groups (broad SMARTS) is 1. The van der Waals surface area contributed by atoms with Gasteiger partial charge >= 0.3 is 5.97 Å². The van der Waals surface area contributed by atoms with E-state index in [9.17, 15) is 116 Å². The molecule has 37 nitrogen and oxygen atoms in total. The van der Waals surface area contributed by atoms with Crippen LogP contribution in [0.3, 0.4) is 0 Å². The van der Waals surface area contributed by atoms with E-state index in [1.807, 2.05) is 0 Å². The third kappa shape index (κ3) is 14.9. The van der Waals surface area contributed by atoms with Crippen molar-refractivity contribution < 1.29 is 168 Å². The SMILES string of the molecule is CC(=O)N[C@@H]1[C@@H](O)[C@H](O[C@H]2O[C@H](CO[C@H]3O[C@H](CO)[C@@H](O)[C@H](O)[C@@H]3O[C@H]3O[C@H](CO)[C@@H](O[C@H]4O[C@H](CO[C@]5(C(=O)O)C[C@H](O)[C@@H](NC(C)=O)[C@H]([C@H](O)[C@H](O)CO)O5)[C@H](O)[C@H](O)[C@H]4O)[C@H](O)[C@H]3NC(C)=O)[C@@H](O)[C@H](O)[C@@H]2O)[C@@H](CO)O[C@H]1O. The molecule has 6 aliphatic rings. The number of nitrogens with one attached hydrogen (secondary N) is 3. The van der Waals surface area contributed by atoms with Crippen LogP contribution in [0.1, 0.15) is 27.2 Å². The third-order valence-electron chi connectivity index (χ3n) is 14.6. The minimum absolute atomic E-state index is 0.724. The summed E-state index contributed by atoms with van der Waals surface area (Å²) in [6.45, 7) is -3.14. The Labute approximate surface area is 463 Å². The lowest BCUT2D eigenvalue weighted by Crippen LogP contribution is -2.69. The summed E-state index contributed by atoms with van der Waals surface area (Å²) < 4.78 is 62.7. The van der Waals surface area contributed by atoms with E-state index in [0.29, 0.717) is 0 Å². The number of carboxylic acids is 1. The van der Waals surface area contributed by atoms with Crippen LogP contribution in [-0.2, 0) is 71.3 Å². The molecular weight excluding hydrogens is 1130 g/mol. The largest absolute Gasteiger partial charge is 0.477 e. The van der Waals surface area contributed by atoms with Crippen LogP contribution in [0.25, 0.3) is 0 Å². The van der Waals surface area contributed by atoms with Crippen LogP contribution in [0.2, 0.25) is 0 Å². The molecule has 0 spiro atoms. The van der Waals surface area contributed by atoms with Gasteiger partial charge in [-0.2, -0.15) is 0 Å². The normalized spacial score (nSPS) is 46.3. The second-order valence-corrected chi connectivity index (χ2v) is 20.5. The summed E-state index contributed by atoms with van der Waals surface area (Å²) in [4.78, 5) is 49.2. The first-order valence-electron chi connectivity index (χ1n) is 25.7. The smallest absolute Gasteiger partial charge is 0.364 e. The van der Waals surface area contributed by atoms with Gasteiger partial charge in [-0.3, -0.25) is 14.4 Å². The maximum absolute atomic E-state index is 12.8. The highest BCUT2D eigenvalue weighted by Crippen LogP contribution is 2.38. The maximum Gasteiger partial charge on any atom is 0.364 e. The molecule has 0 aliphatic carbocycles. The van der Waals surface area contributed by atoms with Crippen molar-refractivity contribution in [3.8, 4) is 0 Å². The van der Waals surface area contributed by atoms with Crippen molar-refractivity contribution in [1.82, 2.24) is 16.0 Å². The van der Waals surface area contributed by atoms with Gasteiger partial charge in [0.2, 0.25) is 17.7 Å². The fourth-order valence-corrected chi connectivity index (χ4v) is 10.2. The van der Waals surface area contributed by atoms with Gasteiger partial charge < -0.3 is 165 Å². The van der Waals surface area contributed by atoms with Crippen molar-refractivity contribution in [2.75, 3.05) is 39.6 Å². The lowest BCUT2D eigenvalue weighted by Gasteiger charge is -2.49. The molecule has 6 aliphatic heterocycles. The standard InChI is InChI=1S/C45H75N3O34/c1-11(53)46-21-14(56)4-45(44(70)71,82-37(21)24(58)15(57)5-49)73-10-20-27(61)31(65)34(68)42(78-20)80-36-18(8-52)76-40(23(29(36)63)48-13(3)55)81-38-32(66)25(59)16(6-50)75-43(38)72-9-19-26(60)30(64)33(67)41(77-19)79-35-17(7-51)74-39(69)22(28(35)62)47-12(2)54/h14-43,49-52,56-69H,4-10H2,1-3H3,(H,46,53)(H,47,54)(H,48,55)(H,70,71)/t14-,15+,16+,17+,18+,19+,20+,21+,22+,23+,24+,25+,26+,27-,28+,29+,30-,31-,32-,33-,34+,35+,36+,37+,38-,39+,40+,41+,42+,43-,45+/m0/s1. The van der Waals surface area contributed by atoms with Gasteiger partial charge in [0.25, 0.3) is 5.79 Å². The second kappa shape index (κ2) is 28.9. The molecule has 37 heteroatoms. The Morgan fingerprint density at radius 2 is 0.939 bits per heavy atom. The Hall–Kier alpha value is -3.28. The maximum atomic E-state index is 12.8. The molecule has 0 radical (unpaired) electrons. The number of aliphatic carboxylic acids is 1. The van der Waals surface area contributed by atoms with Crippen LogP contribution >= 0.6 is 0 Å². The first-order chi connectivity index (χ1) is 38.5. The van der Waals surface area contributed by atoms with Crippen molar-refractivity contribution in [2.24, 2.45) is 0 Å². The molecule has 0 unspecified atom stereocenters. The highest BCUT2D eigenvalue weighted by molar-refractivity contribution is 5.77. The lowest BCUT2D eigenvalue weighted by atomic mass is 9.88. The van der Waals surface area contributed by atoms with Crippen molar-refractivity contribution in [1.29, 1.82) is 0 Å². The van der Waals surface area contributed by atoms with Gasteiger partial charge in [-0.25, -0.2) is 4.79 Å². The van der Waals surface area contributed by atoms with Crippen LogP contribution in [0.4, 0.5) is 0 Å². The molecule has 6 fully saturated rings. The van der Waals surface area contributed by atoms with E-state index in [1.54, 1.807) is 0 Å². The molecule has 0 aromatic heterocycles. The first kappa shape index (κ1) is 67.8. The number of hydrogen-bond donors (Lipinski definition) is 22. The van der Waals surface area contributed by atoms with Gasteiger partial charge in [-0.05, 0) is 0 Å². The van der Waals surface area contributed by atoms with Gasteiger partial charge in [-0.1, -0.05) is 0 Å². The number of ether oxygens (including phenoxy) is 11. The monoisotopic (exact) mass is 1200 g/mol. The van der Waals surface area contributed by atoms with E-state index in [1.165, 1.54) is 0 Å². The van der Waals surface area contributed by atoms with E-state index in [2.05, 4.69) is 16.0 Å². The summed E-state index contributed by atoms with van der Waals surface area (Å²) in [7, 11) is 0. The summed E-state index contributed by atoms with van der Waals surface area (Å²) in [5, 5.41) is 211. The average Bonchev–Trinajstić information content (AvgIpc) is 2.46. The molecule has 0 saturated carbocycles. The topological polar surface area (TPSA) is 590 Å². The zero-order valence-electron chi connectivity index (χ0n) is 43.9. The molecule has 0 aromatic rings. The number of aliphatic hydroxyl groups excluding tert-OH is 18. The molecule has 0 aromatic carbocycles. The van der Waals surface area contributed by atoms with E-state index in [0.717, 1.165) is 20.8 Å². The predicted octanol–water partition coefficient (Wildman–Crippen LogP) is -14.5. The summed E-state index contributed by atoms with van der Waals surface area (Å²) >= 11 is 0. The number of aliphatic hydroxyl groups is 18. The number of hydrogen-bond acceptors (Lipinski definition) is 33. The minimum atomic E-state index is -2.99. The highest BCUT2D eigenvalue weighted by atomic mass is 16.8. The van der Waals surface area contributed by atoms with Crippen molar-refractivity contribution in [3.63, 3.8) is 0 Å². The molecule has 0 bridgehead atoms. The fourth-order valence-electron chi connectivity index (χ4n) is 10.2. The fraction of sp³-hybridized carbons (Fsp3) is 0.911. The molecule has 22 N–H and O–H groups in total. The first-order valence-corrected chi connectivity index (χ1v) is 25.7. The molecule has 31 atom stereocenters. The lowest BCUT2D eigenvalue weighted by molar-refractivity contribution is -0.380. The molecule has 3 amide bonds. The quantitative estimate of drug-likeness (QED) is 0.0479. The summed E-state index contributed by atoms with van der Waals surface area (Å²) in [6.07, 6.45) is -54.6. The molecule has 6 saturated heterocycles. The van der Waals surface area contributed by atoms with Gasteiger partial charge in [0.15, 0.2) is 31.5 Å². The predicted molar refractivity (Wildman–Crippen MR) is 251 cm³/mol. The van der Waals surface area contributed by atoms with E-state index in [4.69, 9.17) is 52.1 Å². The summed E-state index contributed by atoms with van der Waals surface area (Å²) in [5.74, 6) is -7.40. The molecular formula is C45H75N3O34. The number of carbonyl (C=O) groups excluding carboxylic acids is 3. The van der Waals surface area contributed by atoms with Crippen LogP contribution in [-0.4, -0.2) is 350 Å². The van der Waals surface area contributed by atoms with Crippen molar-refractivity contribution in [2.45, 2.75) is 217 Å². The van der Waals surface area contributed by atoms with Crippen LogP contribution in [0, 0.1) is 0 Å². The molecule has 82 heavy (non-hydrogen) atoms. The molecule has 6 heterocycles. The van der Waals surface area contributed by atoms with Crippen LogP contribution in [0.15, 0.2) is 0 Å². The Kier molecular flexibility index (Phi) is 23.9. The zero-order chi connectivity index (χ0) is 61.0. The Morgan fingerprint density at radius 3 is 1.44 bits per heavy atom. The second-order valence-electron chi connectivity index (χ2n) is 20.5. The van der Waals surface area contributed by atoms with Gasteiger partial charge in [0.1, 0.15) is 140 Å². The third-order valence-corrected chi connectivity index (χ3v) is 14.6. The summed E-state index contributed by atoms with van der Waals surface area (Å²) in [6, 6.07) is -5.01. The molecule has 474 valence electrons. The van der Waals surface area contributed by atoms with E-state index < -0.39 is 259 Å². The Morgan fingerprint density at radius 1 is 0.500 bits per heavy atom. The number of amides is 3.